The molecule has 0 aliphatic heterocycles. The van der Waals surface area contributed by atoms with Crippen LogP contribution in [0.4, 0.5) is 0 Å². The molecule has 0 aliphatic rings. The SMILES string of the molecule is CCCOc1ccc(-c2nnc(CCC(=O)O)c(=O)[nH]2)cc1. The van der Waals surface area contributed by atoms with Crippen LogP contribution in [0, 0.1) is 0 Å². The highest BCUT2D eigenvalue weighted by Gasteiger charge is 2.08. The van der Waals surface area contributed by atoms with Gasteiger partial charge in [-0.25, -0.2) is 0 Å². The summed E-state index contributed by atoms with van der Waals surface area (Å²) in [4.78, 5) is 25.0. The summed E-state index contributed by atoms with van der Waals surface area (Å²) in [6, 6.07) is 7.15. The van der Waals surface area contributed by atoms with Gasteiger partial charge in [-0.15, -0.1) is 10.2 Å². The van der Waals surface area contributed by atoms with Gasteiger partial charge < -0.3 is 14.8 Å². The number of H-pyrrole nitrogens is 1. The lowest BCUT2D eigenvalue weighted by Crippen LogP contribution is -2.18. The zero-order valence-electron chi connectivity index (χ0n) is 12.2. The lowest BCUT2D eigenvalue weighted by atomic mass is 10.2. The van der Waals surface area contributed by atoms with E-state index >= 15 is 0 Å². The van der Waals surface area contributed by atoms with Gasteiger partial charge in [-0.2, -0.15) is 0 Å². The third-order valence-electron chi connectivity index (χ3n) is 2.94. The predicted molar refractivity (Wildman–Crippen MR) is 79.8 cm³/mol. The summed E-state index contributed by atoms with van der Waals surface area (Å²) < 4.78 is 5.48. The molecule has 1 aromatic carbocycles. The average molecular weight is 303 g/mol. The van der Waals surface area contributed by atoms with E-state index in [-0.39, 0.29) is 18.5 Å². The molecule has 0 radical (unpaired) electrons. The maximum atomic E-state index is 11.9. The smallest absolute Gasteiger partial charge is 0.303 e. The monoisotopic (exact) mass is 303 g/mol. The number of aryl methyl sites for hydroxylation is 1. The number of carboxylic acid groups (broad SMARTS) is 1. The highest BCUT2D eigenvalue weighted by atomic mass is 16.5. The predicted octanol–water partition coefficient (Wildman–Crippen LogP) is 1.64. The third kappa shape index (κ3) is 4.15. The van der Waals surface area contributed by atoms with E-state index in [4.69, 9.17) is 9.84 Å². The quantitative estimate of drug-likeness (QED) is 0.805. The Kier molecular flexibility index (Phi) is 5.24. The number of aromatic amines is 1. The van der Waals surface area contributed by atoms with Crippen LogP contribution in [0.2, 0.25) is 0 Å². The van der Waals surface area contributed by atoms with Gasteiger partial charge in [-0.1, -0.05) is 6.92 Å². The number of nitrogens with zero attached hydrogens (tertiary/aromatic N) is 2. The molecule has 1 aromatic heterocycles. The van der Waals surface area contributed by atoms with E-state index in [1.807, 2.05) is 6.92 Å². The summed E-state index contributed by atoms with van der Waals surface area (Å²) in [5.74, 6) is 0.109. The van der Waals surface area contributed by atoms with Gasteiger partial charge in [0.05, 0.1) is 13.0 Å². The van der Waals surface area contributed by atoms with Crippen molar-refractivity contribution < 1.29 is 14.6 Å². The highest BCUT2D eigenvalue weighted by molar-refractivity contribution is 5.66. The molecule has 2 aromatic rings. The number of carboxylic acids is 1. The van der Waals surface area contributed by atoms with Crippen LogP contribution in [0.5, 0.6) is 5.75 Å². The Hall–Kier alpha value is -2.70. The summed E-state index contributed by atoms with van der Waals surface area (Å²) in [6.45, 7) is 2.68. The molecule has 0 atom stereocenters. The topological polar surface area (TPSA) is 105 Å². The zero-order valence-corrected chi connectivity index (χ0v) is 12.2. The fraction of sp³-hybridized carbons (Fsp3) is 0.333. The normalized spacial score (nSPS) is 10.4. The average Bonchev–Trinajstić information content (AvgIpc) is 2.52. The fourth-order valence-electron chi connectivity index (χ4n) is 1.81. The van der Waals surface area contributed by atoms with Gasteiger partial charge in [-0.3, -0.25) is 9.59 Å². The standard InChI is InChI=1S/C15H17N3O4/c1-2-9-22-11-5-3-10(4-6-11)14-16-15(21)12(17-18-14)7-8-13(19)20/h3-6H,2,7-9H2,1H3,(H,19,20)(H,16,18,21). The number of nitrogens with one attached hydrogen (secondary N) is 1. The van der Waals surface area contributed by atoms with Gasteiger partial charge in [0.25, 0.3) is 5.56 Å². The van der Waals surface area contributed by atoms with Crippen molar-refractivity contribution in [3.05, 3.63) is 40.3 Å². The fourth-order valence-corrected chi connectivity index (χ4v) is 1.81. The lowest BCUT2D eigenvalue weighted by Gasteiger charge is -2.05. The van der Waals surface area contributed by atoms with E-state index in [0.29, 0.717) is 18.0 Å². The van der Waals surface area contributed by atoms with Crippen molar-refractivity contribution in [1.29, 1.82) is 0 Å². The zero-order chi connectivity index (χ0) is 15.9. The minimum Gasteiger partial charge on any atom is -0.494 e. The molecule has 7 heteroatoms. The first kappa shape index (κ1) is 15.7. The number of carbonyl (C=O) groups is 1. The van der Waals surface area contributed by atoms with Crippen LogP contribution in [0.3, 0.4) is 0 Å². The van der Waals surface area contributed by atoms with Gasteiger partial charge in [-0.05, 0) is 30.7 Å². The Morgan fingerprint density at radius 2 is 2.00 bits per heavy atom. The number of aromatic nitrogens is 3. The van der Waals surface area contributed by atoms with Crippen LogP contribution in [-0.4, -0.2) is 32.9 Å². The summed E-state index contributed by atoms with van der Waals surface area (Å²) in [5.41, 5.74) is 0.407. The summed E-state index contributed by atoms with van der Waals surface area (Å²) >= 11 is 0. The maximum Gasteiger partial charge on any atom is 0.303 e. The number of hydrogen-bond acceptors (Lipinski definition) is 5. The second kappa shape index (κ2) is 7.35. The van der Waals surface area contributed by atoms with Crippen molar-refractivity contribution in [2.75, 3.05) is 6.61 Å². The Morgan fingerprint density at radius 1 is 1.27 bits per heavy atom. The summed E-state index contributed by atoms with van der Waals surface area (Å²) in [6.07, 6.45) is 0.834. The molecule has 0 aliphatic carbocycles. The molecule has 2 N–H and O–H groups in total. The Labute approximate surface area is 127 Å². The molecule has 0 bridgehead atoms. The Morgan fingerprint density at radius 3 is 2.59 bits per heavy atom. The Balaban J connectivity index is 2.14. The number of aliphatic carboxylic acids is 1. The molecule has 0 saturated carbocycles. The molecule has 1 heterocycles. The van der Waals surface area contributed by atoms with Crippen LogP contribution in [-0.2, 0) is 11.2 Å². The molecule has 0 fully saturated rings. The molecule has 116 valence electrons. The molecule has 0 unspecified atom stereocenters. The Bertz CT molecular complexity index is 695. The number of hydrogen-bond donors (Lipinski definition) is 2. The van der Waals surface area contributed by atoms with Crippen molar-refractivity contribution in [3.63, 3.8) is 0 Å². The first-order valence-corrected chi connectivity index (χ1v) is 7.01. The van der Waals surface area contributed by atoms with Crippen molar-refractivity contribution >= 4 is 5.97 Å². The van der Waals surface area contributed by atoms with Crippen molar-refractivity contribution in [2.24, 2.45) is 0 Å². The van der Waals surface area contributed by atoms with Crippen LogP contribution < -0.4 is 10.3 Å². The molecule has 7 nitrogen and oxygen atoms in total. The summed E-state index contributed by atoms with van der Waals surface area (Å²) in [7, 11) is 0. The van der Waals surface area contributed by atoms with E-state index < -0.39 is 11.5 Å². The van der Waals surface area contributed by atoms with Crippen LogP contribution in [0.25, 0.3) is 11.4 Å². The molecule has 0 saturated heterocycles. The van der Waals surface area contributed by atoms with Gasteiger partial charge in [0.15, 0.2) is 5.82 Å². The van der Waals surface area contributed by atoms with Gasteiger partial charge in [0.2, 0.25) is 0 Å². The van der Waals surface area contributed by atoms with Crippen molar-refractivity contribution in [1.82, 2.24) is 15.2 Å². The van der Waals surface area contributed by atoms with Crippen LogP contribution in [0.15, 0.2) is 29.1 Å². The number of ether oxygens (including phenoxy) is 1. The first-order chi connectivity index (χ1) is 10.6. The highest BCUT2D eigenvalue weighted by Crippen LogP contribution is 2.18. The molecular weight excluding hydrogens is 286 g/mol. The molecule has 22 heavy (non-hydrogen) atoms. The van der Waals surface area contributed by atoms with E-state index in [0.717, 1.165) is 12.2 Å². The van der Waals surface area contributed by atoms with Gasteiger partial charge in [0.1, 0.15) is 11.4 Å². The number of benzene rings is 1. The van der Waals surface area contributed by atoms with Gasteiger partial charge in [0, 0.05) is 12.0 Å². The second-order valence-corrected chi connectivity index (χ2v) is 4.72. The van der Waals surface area contributed by atoms with E-state index in [1.165, 1.54) is 0 Å². The second-order valence-electron chi connectivity index (χ2n) is 4.72. The third-order valence-corrected chi connectivity index (χ3v) is 2.94. The van der Waals surface area contributed by atoms with E-state index in [9.17, 15) is 9.59 Å². The number of rotatable bonds is 7. The maximum absolute atomic E-state index is 11.9. The molecule has 0 spiro atoms. The van der Waals surface area contributed by atoms with Gasteiger partial charge >= 0.3 is 5.97 Å². The van der Waals surface area contributed by atoms with Crippen molar-refractivity contribution in [2.45, 2.75) is 26.2 Å². The summed E-state index contributed by atoms with van der Waals surface area (Å²) in [5, 5.41) is 16.4. The minimum absolute atomic E-state index is 0.0573. The van der Waals surface area contributed by atoms with E-state index in [1.54, 1.807) is 24.3 Å². The van der Waals surface area contributed by atoms with Crippen LogP contribution >= 0.6 is 0 Å². The minimum atomic E-state index is -0.979. The van der Waals surface area contributed by atoms with Crippen molar-refractivity contribution in [3.8, 4) is 17.1 Å². The molecular formula is C15H17N3O4. The first-order valence-electron chi connectivity index (χ1n) is 7.01. The molecule has 0 amide bonds. The lowest BCUT2D eigenvalue weighted by molar-refractivity contribution is -0.136. The molecule has 2 rings (SSSR count). The largest absolute Gasteiger partial charge is 0.494 e. The van der Waals surface area contributed by atoms with Crippen LogP contribution in [0.1, 0.15) is 25.5 Å². The van der Waals surface area contributed by atoms with E-state index in [2.05, 4.69) is 15.2 Å².